The van der Waals surface area contributed by atoms with E-state index in [1.165, 1.54) is 0 Å². The average molecular weight is 317 g/mol. The first-order valence-corrected chi connectivity index (χ1v) is 8.04. The van der Waals surface area contributed by atoms with Gasteiger partial charge in [-0.05, 0) is 5.56 Å². The number of piperidine rings is 1. The minimum Gasteiger partial charge on any atom is -0.726 e. The molecule has 1 aliphatic heterocycles. The average Bonchev–Trinajstić information content (AvgIpc) is 2.42. The molecule has 1 aromatic carbocycles. The fraction of sp³-hybridized carbons (Fsp3) is 0.538. The number of aliphatic hydroxyl groups excluding tert-OH is 1. The van der Waals surface area contributed by atoms with E-state index in [4.69, 9.17) is 4.74 Å². The van der Waals surface area contributed by atoms with Crippen molar-refractivity contribution in [2.45, 2.75) is 31.3 Å². The number of nitrogens with two attached hydrogens (primary N) is 1. The summed E-state index contributed by atoms with van der Waals surface area (Å²) in [6.07, 6.45) is -1.66. The van der Waals surface area contributed by atoms with Gasteiger partial charge in [0.1, 0.15) is 12.6 Å². The maximum atomic E-state index is 10.5. The summed E-state index contributed by atoms with van der Waals surface area (Å²) in [5, 5.41) is 11.6. The smallest absolute Gasteiger partial charge is 0.218 e. The number of aliphatic hydroxyl groups is 1. The Kier molecular flexibility index (Phi) is 5.68. The van der Waals surface area contributed by atoms with Crippen LogP contribution < -0.4 is 5.32 Å². The summed E-state index contributed by atoms with van der Waals surface area (Å²) in [5.41, 5.74) is 1.06. The monoisotopic (exact) mass is 317 g/mol. The van der Waals surface area contributed by atoms with Gasteiger partial charge in [0.05, 0.1) is 19.3 Å². The lowest BCUT2D eigenvalue weighted by atomic mass is 10.0. The second kappa shape index (κ2) is 7.30. The number of benzene rings is 1. The van der Waals surface area contributed by atoms with E-state index >= 15 is 0 Å². The van der Waals surface area contributed by atoms with E-state index in [0.717, 1.165) is 5.56 Å². The van der Waals surface area contributed by atoms with Crippen molar-refractivity contribution in [2.75, 3.05) is 13.2 Å². The van der Waals surface area contributed by atoms with E-state index in [0.29, 0.717) is 19.6 Å². The molecule has 1 aliphatic rings. The number of quaternary nitrogens is 1. The number of hydrogen-bond donors (Lipinski definition) is 2. The van der Waals surface area contributed by atoms with Gasteiger partial charge in [-0.1, -0.05) is 30.3 Å². The highest BCUT2D eigenvalue weighted by Crippen LogP contribution is 2.11. The molecule has 0 saturated carbocycles. The van der Waals surface area contributed by atoms with Crippen molar-refractivity contribution in [2.24, 2.45) is 0 Å². The van der Waals surface area contributed by atoms with Gasteiger partial charge in [0.15, 0.2) is 6.10 Å². The molecule has 118 valence electrons. The predicted octanol–water partition coefficient (Wildman–Crippen LogP) is -1.25. The van der Waals surface area contributed by atoms with Gasteiger partial charge in [-0.15, -0.1) is 0 Å². The molecular formula is C13H19NO6S. The van der Waals surface area contributed by atoms with E-state index < -0.39 is 22.6 Å². The number of ether oxygens (including phenoxy) is 1. The zero-order valence-electron chi connectivity index (χ0n) is 11.4. The Balaban J connectivity index is 1.73. The third-order valence-corrected chi connectivity index (χ3v) is 3.84. The molecule has 1 aromatic rings. The van der Waals surface area contributed by atoms with Crippen molar-refractivity contribution in [3.8, 4) is 0 Å². The van der Waals surface area contributed by atoms with E-state index in [9.17, 15) is 18.1 Å². The van der Waals surface area contributed by atoms with Gasteiger partial charge >= 0.3 is 0 Å². The lowest BCUT2D eigenvalue weighted by Gasteiger charge is -2.31. The van der Waals surface area contributed by atoms with Gasteiger partial charge in [-0.2, -0.15) is 0 Å². The second-order valence-corrected chi connectivity index (χ2v) is 6.09. The summed E-state index contributed by atoms with van der Waals surface area (Å²) in [6, 6.07) is 9.73. The number of hydrogen-bond acceptors (Lipinski definition) is 6. The topological polar surface area (TPSA) is 113 Å². The molecule has 3 atom stereocenters. The normalized spacial score (nSPS) is 26.7. The van der Waals surface area contributed by atoms with E-state index in [1.807, 2.05) is 35.6 Å². The molecule has 21 heavy (non-hydrogen) atoms. The van der Waals surface area contributed by atoms with E-state index in [2.05, 4.69) is 4.18 Å². The summed E-state index contributed by atoms with van der Waals surface area (Å²) < 4.78 is 41.5. The lowest BCUT2D eigenvalue weighted by molar-refractivity contribution is -0.708. The van der Waals surface area contributed by atoms with Crippen LogP contribution in [0.5, 0.6) is 0 Å². The third kappa shape index (κ3) is 5.70. The molecule has 1 fully saturated rings. The Morgan fingerprint density at radius 2 is 2.05 bits per heavy atom. The summed E-state index contributed by atoms with van der Waals surface area (Å²) in [4.78, 5) is 0. The van der Waals surface area contributed by atoms with Crippen molar-refractivity contribution in [1.82, 2.24) is 0 Å². The van der Waals surface area contributed by atoms with Crippen molar-refractivity contribution in [1.29, 1.82) is 0 Å². The molecule has 0 amide bonds. The fourth-order valence-electron chi connectivity index (χ4n) is 2.34. The van der Waals surface area contributed by atoms with Gasteiger partial charge in [0.2, 0.25) is 10.4 Å². The maximum absolute atomic E-state index is 10.5. The largest absolute Gasteiger partial charge is 0.726 e. The van der Waals surface area contributed by atoms with Crippen LogP contribution in [0.3, 0.4) is 0 Å². The van der Waals surface area contributed by atoms with Crippen molar-refractivity contribution >= 4 is 10.4 Å². The minimum atomic E-state index is -4.79. The van der Waals surface area contributed by atoms with Gasteiger partial charge in [-0.3, -0.25) is 4.18 Å². The van der Waals surface area contributed by atoms with Gasteiger partial charge in [0, 0.05) is 6.42 Å². The Labute approximate surface area is 123 Å². The molecule has 0 unspecified atom stereocenters. The van der Waals surface area contributed by atoms with Crippen LogP contribution in [0.2, 0.25) is 0 Å². The van der Waals surface area contributed by atoms with Crippen LogP contribution in [-0.2, 0) is 25.9 Å². The highest BCUT2D eigenvalue weighted by atomic mass is 32.3. The SMILES string of the molecule is O=S(=O)([O-])O[C@@H]1C[NH2+][C@H](COCc2ccccc2)C[C@@H]1O. The lowest BCUT2D eigenvalue weighted by Crippen LogP contribution is -2.96. The summed E-state index contributed by atoms with van der Waals surface area (Å²) in [7, 11) is -4.79. The molecule has 1 heterocycles. The predicted molar refractivity (Wildman–Crippen MR) is 71.9 cm³/mol. The molecule has 0 bridgehead atoms. The van der Waals surface area contributed by atoms with E-state index in [1.54, 1.807) is 0 Å². The molecule has 7 nitrogen and oxygen atoms in total. The zero-order valence-corrected chi connectivity index (χ0v) is 12.2. The molecule has 1 saturated heterocycles. The molecule has 0 aromatic heterocycles. The van der Waals surface area contributed by atoms with Crippen LogP contribution in [0, 0.1) is 0 Å². The quantitative estimate of drug-likeness (QED) is 0.500. The van der Waals surface area contributed by atoms with Crippen molar-refractivity contribution in [3.05, 3.63) is 35.9 Å². The summed E-state index contributed by atoms with van der Waals surface area (Å²) in [6.45, 7) is 1.13. The minimum absolute atomic E-state index is 0.0120. The molecule has 8 heteroatoms. The highest BCUT2D eigenvalue weighted by Gasteiger charge is 2.34. The molecule has 0 radical (unpaired) electrons. The van der Waals surface area contributed by atoms with Crippen LogP contribution in [0.25, 0.3) is 0 Å². The van der Waals surface area contributed by atoms with Crippen molar-refractivity contribution < 1.29 is 32.3 Å². The summed E-state index contributed by atoms with van der Waals surface area (Å²) >= 11 is 0. The van der Waals surface area contributed by atoms with Crippen LogP contribution in [0.4, 0.5) is 0 Å². The Morgan fingerprint density at radius 3 is 2.67 bits per heavy atom. The summed E-state index contributed by atoms with van der Waals surface area (Å²) in [5.74, 6) is 0. The maximum Gasteiger partial charge on any atom is 0.218 e. The molecule has 3 N–H and O–H groups in total. The molecular weight excluding hydrogens is 298 g/mol. The molecule has 2 rings (SSSR count). The standard InChI is InChI=1S/C13H19NO6S/c15-12-6-11(14-7-13(12)20-21(16,17)18)9-19-8-10-4-2-1-3-5-10/h1-5,11-15H,6-9H2,(H,16,17,18)/t11-,12-,13+/m0/s1. The van der Waals surface area contributed by atoms with Gasteiger partial charge in [0.25, 0.3) is 0 Å². The fourth-order valence-corrected chi connectivity index (χ4v) is 2.84. The van der Waals surface area contributed by atoms with Crippen molar-refractivity contribution in [3.63, 3.8) is 0 Å². The van der Waals surface area contributed by atoms with Gasteiger partial charge < -0.3 is 19.7 Å². The Bertz CT molecular complexity index is 535. The van der Waals surface area contributed by atoms with Gasteiger partial charge in [-0.25, -0.2) is 8.42 Å². The van der Waals surface area contributed by atoms with Crippen LogP contribution >= 0.6 is 0 Å². The van der Waals surface area contributed by atoms with Crippen LogP contribution in [0.1, 0.15) is 12.0 Å². The molecule has 0 spiro atoms. The zero-order chi connectivity index (χ0) is 15.3. The molecule has 0 aliphatic carbocycles. The highest BCUT2D eigenvalue weighted by molar-refractivity contribution is 7.80. The third-order valence-electron chi connectivity index (χ3n) is 3.36. The van der Waals surface area contributed by atoms with Crippen LogP contribution in [0.15, 0.2) is 30.3 Å². The van der Waals surface area contributed by atoms with Crippen LogP contribution in [-0.4, -0.2) is 49.5 Å². The first kappa shape index (κ1) is 16.3. The van der Waals surface area contributed by atoms with E-state index in [-0.39, 0.29) is 12.6 Å². The first-order chi connectivity index (χ1) is 9.94. The second-order valence-electron chi connectivity index (χ2n) is 5.08. The number of rotatable bonds is 6. The first-order valence-electron chi connectivity index (χ1n) is 6.71. The Morgan fingerprint density at radius 1 is 1.33 bits per heavy atom. The Hall–Kier alpha value is -1.03.